The van der Waals surface area contributed by atoms with E-state index in [4.69, 9.17) is 10.4 Å². The Hall–Kier alpha value is -1.76. The Balaban J connectivity index is 3.79. The Labute approximate surface area is 113 Å². The highest BCUT2D eigenvalue weighted by Crippen LogP contribution is 1.84. The van der Waals surface area contributed by atoms with E-state index in [2.05, 4.69) is 25.6 Å². The van der Waals surface area contributed by atoms with E-state index < -0.39 is 0 Å². The highest BCUT2D eigenvalue weighted by molar-refractivity contribution is 6.40. The molecule has 0 spiro atoms. The molecule has 0 radical (unpaired) electrons. The van der Waals surface area contributed by atoms with Gasteiger partial charge in [-0.25, -0.2) is 0 Å². The van der Waals surface area contributed by atoms with E-state index in [1.165, 1.54) is 0 Å². The fourth-order valence-electron chi connectivity index (χ4n) is 1.10. The zero-order chi connectivity index (χ0) is 14.7. The lowest BCUT2D eigenvalue weighted by Gasteiger charge is -2.02. The molecule has 108 valence electrons. The molecule has 0 fully saturated rings. The van der Waals surface area contributed by atoms with Gasteiger partial charge in [0, 0.05) is 13.1 Å². The van der Waals surface area contributed by atoms with Gasteiger partial charge in [-0.15, -0.1) is 0 Å². The van der Waals surface area contributed by atoms with Gasteiger partial charge in [0.05, 0.1) is 35.9 Å². The fraction of sp³-hybridized carbons (Fsp3) is 0.667. The summed E-state index contributed by atoms with van der Waals surface area (Å²) in [5.74, 6) is 0. The summed E-state index contributed by atoms with van der Waals surface area (Å²) < 4.78 is 0. The van der Waals surface area contributed by atoms with Gasteiger partial charge in [-0.3, -0.25) is 9.98 Å². The molecular formula is C12H23N5O2. The summed E-state index contributed by atoms with van der Waals surface area (Å²) in [4.78, 5) is 8.49. The molecule has 0 aliphatic heterocycles. The van der Waals surface area contributed by atoms with Crippen LogP contribution in [0.3, 0.4) is 0 Å². The largest absolute Gasteiger partial charge is 0.411 e. The van der Waals surface area contributed by atoms with Crippen LogP contribution in [0.1, 0.15) is 27.7 Å². The molecule has 0 aromatic heterocycles. The van der Waals surface area contributed by atoms with Crippen molar-refractivity contribution in [3.05, 3.63) is 0 Å². The number of nitrogens with one attached hydrogen (secondary N) is 1. The molecule has 0 saturated heterocycles. The Bertz CT molecular complexity index is 350. The van der Waals surface area contributed by atoms with Crippen molar-refractivity contribution in [3.63, 3.8) is 0 Å². The van der Waals surface area contributed by atoms with Crippen molar-refractivity contribution in [2.45, 2.75) is 27.7 Å². The van der Waals surface area contributed by atoms with Gasteiger partial charge in [0.15, 0.2) is 0 Å². The van der Waals surface area contributed by atoms with Crippen LogP contribution in [0.2, 0.25) is 0 Å². The summed E-state index contributed by atoms with van der Waals surface area (Å²) in [5, 5.41) is 26.4. The van der Waals surface area contributed by atoms with E-state index in [-0.39, 0.29) is 0 Å². The maximum Gasteiger partial charge on any atom is 0.0971 e. The van der Waals surface area contributed by atoms with Gasteiger partial charge in [-0.05, 0) is 27.7 Å². The molecule has 0 rings (SSSR count). The van der Waals surface area contributed by atoms with Crippen LogP contribution in [-0.4, -0.2) is 59.4 Å². The van der Waals surface area contributed by atoms with Gasteiger partial charge in [-0.2, -0.15) is 0 Å². The van der Waals surface area contributed by atoms with E-state index >= 15 is 0 Å². The molecule has 7 heteroatoms. The molecule has 0 atom stereocenters. The summed E-state index contributed by atoms with van der Waals surface area (Å²) in [6.45, 7) is 9.73. The molecule has 3 N–H and O–H groups in total. The molecule has 0 aliphatic carbocycles. The smallest absolute Gasteiger partial charge is 0.0971 e. The van der Waals surface area contributed by atoms with Crippen LogP contribution >= 0.6 is 0 Å². The molecule has 0 saturated carbocycles. The summed E-state index contributed by atoms with van der Waals surface area (Å²) in [5.41, 5.74) is 2.51. The number of nitrogens with zero attached hydrogens (tertiary/aromatic N) is 4. The maximum absolute atomic E-state index is 8.54. The van der Waals surface area contributed by atoms with Crippen molar-refractivity contribution in [2.24, 2.45) is 20.3 Å². The molecule has 0 amide bonds. The molecule has 0 aliphatic rings. The minimum Gasteiger partial charge on any atom is -0.411 e. The van der Waals surface area contributed by atoms with Crippen LogP contribution in [0.5, 0.6) is 0 Å². The number of hydrogen-bond acceptors (Lipinski definition) is 7. The van der Waals surface area contributed by atoms with E-state index in [0.29, 0.717) is 24.5 Å². The predicted molar refractivity (Wildman–Crippen MR) is 78.6 cm³/mol. The SMILES string of the molecule is CC(=NO)C(C)=NCCNCCN=C(C)C(C)=NO. The minimum atomic E-state index is 0.527. The molecule has 0 unspecified atom stereocenters. The normalized spacial score (nSPS) is 14.9. The van der Waals surface area contributed by atoms with Gasteiger partial charge < -0.3 is 15.7 Å². The van der Waals surface area contributed by atoms with Crippen LogP contribution in [0, 0.1) is 0 Å². The van der Waals surface area contributed by atoms with Gasteiger partial charge in [0.1, 0.15) is 0 Å². The van der Waals surface area contributed by atoms with Crippen LogP contribution in [0.15, 0.2) is 20.3 Å². The summed E-state index contributed by atoms with van der Waals surface area (Å²) >= 11 is 0. The van der Waals surface area contributed by atoms with E-state index in [0.717, 1.165) is 24.5 Å². The van der Waals surface area contributed by atoms with Gasteiger partial charge in [-0.1, -0.05) is 10.3 Å². The monoisotopic (exact) mass is 269 g/mol. The summed E-state index contributed by atoms with van der Waals surface area (Å²) in [6.07, 6.45) is 0. The molecule has 19 heavy (non-hydrogen) atoms. The quantitative estimate of drug-likeness (QED) is 0.267. The highest BCUT2D eigenvalue weighted by Gasteiger charge is 1.96. The first-order valence-corrected chi connectivity index (χ1v) is 6.13. The number of hydrogen-bond donors (Lipinski definition) is 3. The average molecular weight is 269 g/mol. The zero-order valence-electron chi connectivity index (χ0n) is 12.0. The van der Waals surface area contributed by atoms with Gasteiger partial charge in [0.25, 0.3) is 0 Å². The third-order valence-electron chi connectivity index (χ3n) is 2.62. The highest BCUT2D eigenvalue weighted by atomic mass is 16.4. The molecule has 0 aromatic carbocycles. The second kappa shape index (κ2) is 10.2. The molecule has 0 aromatic rings. The lowest BCUT2D eigenvalue weighted by molar-refractivity contribution is 0.319. The van der Waals surface area contributed by atoms with E-state index in [1.54, 1.807) is 27.7 Å². The molecule has 0 bridgehead atoms. The van der Waals surface area contributed by atoms with Crippen LogP contribution in [0.4, 0.5) is 0 Å². The minimum absolute atomic E-state index is 0.527. The molecular weight excluding hydrogens is 246 g/mol. The Morgan fingerprint density at radius 1 is 0.737 bits per heavy atom. The first kappa shape index (κ1) is 17.2. The Morgan fingerprint density at radius 3 is 1.42 bits per heavy atom. The number of rotatable bonds is 8. The van der Waals surface area contributed by atoms with E-state index in [1.807, 2.05) is 0 Å². The van der Waals surface area contributed by atoms with Crippen molar-refractivity contribution in [3.8, 4) is 0 Å². The first-order chi connectivity index (χ1) is 9.02. The first-order valence-electron chi connectivity index (χ1n) is 6.13. The van der Waals surface area contributed by atoms with Gasteiger partial charge in [0.2, 0.25) is 0 Å². The molecule has 0 heterocycles. The van der Waals surface area contributed by atoms with Crippen molar-refractivity contribution in [1.29, 1.82) is 0 Å². The Morgan fingerprint density at radius 2 is 1.11 bits per heavy atom. The van der Waals surface area contributed by atoms with Crippen molar-refractivity contribution >= 4 is 22.8 Å². The molecule has 7 nitrogen and oxygen atoms in total. The lowest BCUT2D eigenvalue weighted by Crippen LogP contribution is -2.22. The van der Waals surface area contributed by atoms with Gasteiger partial charge >= 0.3 is 0 Å². The van der Waals surface area contributed by atoms with Crippen molar-refractivity contribution in [1.82, 2.24) is 5.32 Å². The summed E-state index contributed by atoms with van der Waals surface area (Å²) in [6, 6.07) is 0. The second-order valence-corrected chi connectivity index (χ2v) is 4.06. The van der Waals surface area contributed by atoms with Crippen LogP contribution in [-0.2, 0) is 0 Å². The third kappa shape index (κ3) is 8.04. The standard InChI is InChI=1S/C12H23N5O2/c1-9(11(3)16-18)14-7-5-13-6-8-15-10(2)12(4)17-19/h13,18-19H,5-8H2,1-4H3. The average Bonchev–Trinajstić information content (AvgIpc) is 2.43. The predicted octanol–water partition coefficient (Wildman–Crippen LogP) is 1.20. The Kier molecular flexibility index (Phi) is 9.25. The number of oxime groups is 2. The van der Waals surface area contributed by atoms with Crippen molar-refractivity contribution in [2.75, 3.05) is 26.2 Å². The third-order valence-corrected chi connectivity index (χ3v) is 2.62. The summed E-state index contributed by atoms with van der Waals surface area (Å²) in [7, 11) is 0. The van der Waals surface area contributed by atoms with E-state index in [9.17, 15) is 0 Å². The fourth-order valence-corrected chi connectivity index (χ4v) is 1.10. The lowest BCUT2D eigenvalue weighted by atomic mass is 10.3. The van der Waals surface area contributed by atoms with Crippen LogP contribution < -0.4 is 5.32 Å². The second-order valence-electron chi connectivity index (χ2n) is 4.06. The topological polar surface area (TPSA) is 102 Å². The van der Waals surface area contributed by atoms with Crippen molar-refractivity contribution < 1.29 is 10.4 Å². The van der Waals surface area contributed by atoms with Crippen LogP contribution in [0.25, 0.3) is 0 Å². The zero-order valence-corrected chi connectivity index (χ0v) is 12.0. The number of aliphatic imine (C=N–C) groups is 2. The maximum atomic E-state index is 8.54.